The molecule has 4 rings (SSSR count). The van der Waals surface area contributed by atoms with E-state index in [1.54, 1.807) is 48.8 Å². The Balaban J connectivity index is 1.90. The lowest BCUT2D eigenvalue weighted by Crippen LogP contribution is -2.39. The molecule has 2 heterocycles. The average Bonchev–Trinajstić information content (AvgIpc) is 3.13. The Bertz CT molecular complexity index is 1450. The molecule has 0 saturated carbocycles. The van der Waals surface area contributed by atoms with E-state index in [0.29, 0.717) is 38.0 Å². The lowest BCUT2D eigenvalue weighted by Gasteiger charge is -2.24. The quantitative estimate of drug-likeness (QED) is 0.367. The summed E-state index contributed by atoms with van der Waals surface area (Å²) < 4.78 is 12.9. The summed E-state index contributed by atoms with van der Waals surface area (Å²) in [5, 5.41) is 0.545. The van der Waals surface area contributed by atoms with Crippen molar-refractivity contribution in [2.75, 3.05) is 13.2 Å². The van der Waals surface area contributed by atoms with Gasteiger partial charge in [0.05, 0.1) is 28.5 Å². The fraction of sp³-hybridized carbons (Fsp3) is 0.192. The van der Waals surface area contributed by atoms with Gasteiger partial charge in [-0.25, -0.2) is 9.79 Å². The van der Waals surface area contributed by atoms with Crippen molar-refractivity contribution in [3.8, 4) is 5.75 Å². The summed E-state index contributed by atoms with van der Waals surface area (Å²) in [6.45, 7) is 7.75. The Morgan fingerprint density at radius 3 is 2.65 bits per heavy atom. The van der Waals surface area contributed by atoms with Crippen LogP contribution in [-0.4, -0.2) is 23.8 Å². The molecule has 34 heavy (non-hydrogen) atoms. The summed E-state index contributed by atoms with van der Waals surface area (Å²) >= 11 is 7.56. The van der Waals surface area contributed by atoms with Crippen LogP contribution >= 0.6 is 22.9 Å². The Morgan fingerprint density at radius 2 is 1.97 bits per heavy atom. The molecule has 174 valence electrons. The zero-order valence-electron chi connectivity index (χ0n) is 18.8. The molecule has 1 aliphatic heterocycles. The minimum Gasteiger partial charge on any atom is -0.490 e. The van der Waals surface area contributed by atoms with Crippen molar-refractivity contribution in [2.24, 2.45) is 4.99 Å². The number of thiazole rings is 1. The Kier molecular flexibility index (Phi) is 7.14. The normalized spacial score (nSPS) is 15.5. The van der Waals surface area contributed by atoms with Gasteiger partial charge in [0.25, 0.3) is 5.56 Å². The van der Waals surface area contributed by atoms with Gasteiger partial charge >= 0.3 is 5.97 Å². The highest BCUT2D eigenvalue weighted by Gasteiger charge is 2.33. The van der Waals surface area contributed by atoms with Gasteiger partial charge < -0.3 is 9.47 Å². The van der Waals surface area contributed by atoms with Crippen molar-refractivity contribution in [3.63, 3.8) is 0 Å². The van der Waals surface area contributed by atoms with E-state index in [-0.39, 0.29) is 12.2 Å². The van der Waals surface area contributed by atoms with Gasteiger partial charge in [0.2, 0.25) is 0 Å². The predicted octanol–water partition coefficient (Wildman–Crippen LogP) is 4.02. The van der Waals surface area contributed by atoms with Crippen LogP contribution in [0.2, 0.25) is 5.02 Å². The number of ether oxygens (including phenoxy) is 2. The molecule has 0 amide bonds. The summed E-state index contributed by atoms with van der Waals surface area (Å²) in [6, 6.07) is 13.9. The van der Waals surface area contributed by atoms with Crippen LogP contribution < -0.4 is 19.6 Å². The van der Waals surface area contributed by atoms with Gasteiger partial charge in [0, 0.05) is 5.02 Å². The number of nitrogens with zero attached hydrogens (tertiary/aromatic N) is 2. The van der Waals surface area contributed by atoms with Gasteiger partial charge in [-0.05, 0) is 49.2 Å². The van der Waals surface area contributed by atoms with E-state index in [1.165, 1.54) is 11.3 Å². The van der Waals surface area contributed by atoms with Gasteiger partial charge in [0.15, 0.2) is 4.80 Å². The Labute approximate surface area is 205 Å². The molecule has 0 aliphatic carbocycles. The molecule has 0 bridgehead atoms. The van der Waals surface area contributed by atoms with E-state index in [2.05, 4.69) is 11.6 Å². The number of hydrogen-bond donors (Lipinski definition) is 0. The molecule has 6 nitrogen and oxygen atoms in total. The summed E-state index contributed by atoms with van der Waals surface area (Å²) in [7, 11) is 0. The first-order valence-electron chi connectivity index (χ1n) is 10.7. The minimum atomic E-state index is -0.683. The van der Waals surface area contributed by atoms with Crippen molar-refractivity contribution in [3.05, 3.63) is 108 Å². The molecule has 8 heteroatoms. The lowest BCUT2D eigenvalue weighted by molar-refractivity contribution is -0.139. The van der Waals surface area contributed by atoms with E-state index in [9.17, 15) is 9.59 Å². The highest BCUT2D eigenvalue weighted by molar-refractivity contribution is 7.07. The second-order valence-electron chi connectivity index (χ2n) is 7.49. The highest BCUT2D eigenvalue weighted by atomic mass is 35.5. The fourth-order valence-electron chi connectivity index (χ4n) is 3.74. The number of fused-ring (bicyclic) bond motifs is 1. The molecule has 0 N–H and O–H groups in total. The average molecular weight is 495 g/mol. The molecule has 3 aromatic rings. The van der Waals surface area contributed by atoms with E-state index in [1.807, 2.05) is 30.3 Å². The topological polar surface area (TPSA) is 69.9 Å². The second kappa shape index (κ2) is 10.2. The minimum absolute atomic E-state index is 0.216. The van der Waals surface area contributed by atoms with Gasteiger partial charge in [-0.1, -0.05) is 65.9 Å². The van der Waals surface area contributed by atoms with Crippen molar-refractivity contribution < 1.29 is 14.3 Å². The SMILES string of the molecule is C=CCOc1ccc(C2C(C(=O)OCC)=C(C)N=c3sc(=Cc4ccccc4Cl)c(=O)n32)cc1. The van der Waals surface area contributed by atoms with Crippen LogP contribution in [0, 0.1) is 0 Å². The number of hydrogen-bond acceptors (Lipinski definition) is 6. The molecular weight excluding hydrogens is 472 g/mol. The van der Waals surface area contributed by atoms with E-state index >= 15 is 0 Å². The maximum Gasteiger partial charge on any atom is 0.338 e. The summed E-state index contributed by atoms with van der Waals surface area (Å²) in [4.78, 5) is 31.6. The van der Waals surface area contributed by atoms with Crippen LogP contribution in [0.25, 0.3) is 6.08 Å². The molecular formula is C26H23ClN2O4S. The standard InChI is InChI=1S/C26H23ClN2O4S/c1-4-14-33-19-12-10-17(11-13-19)23-22(25(31)32-5-2)16(3)28-26-29(23)24(30)21(34-26)15-18-8-6-7-9-20(18)27/h4,6-13,15,23H,1,5,14H2,2-3H3. The van der Waals surface area contributed by atoms with Gasteiger partial charge in [-0.3, -0.25) is 9.36 Å². The van der Waals surface area contributed by atoms with Gasteiger partial charge in [-0.15, -0.1) is 0 Å². The summed E-state index contributed by atoms with van der Waals surface area (Å²) in [5.41, 5.74) is 2.07. The van der Waals surface area contributed by atoms with Gasteiger partial charge in [0.1, 0.15) is 12.4 Å². The third kappa shape index (κ3) is 4.62. The highest BCUT2D eigenvalue weighted by Crippen LogP contribution is 2.31. The number of allylic oxidation sites excluding steroid dienone is 1. The molecule has 0 saturated heterocycles. The third-order valence-electron chi connectivity index (χ3n) is 5.27. The number of rotatable bonds is 7. The smallest absolute Gasteiger partial charge is 0.338 e. The summed E-state index contributed by atoms with van der Waals surface area (Å²) in [5.74, 6) is 0.161. The second-order valence-corrected chi connectivity index (χ2v) is 8.91. The van der Waals surface area contributed by atoms with Crippen LogP contribution in [0.5, 0.6) is 5.75 Å². The van der Waals surface area contributed by atoms with Crippen LogP contribution in [0.4, 0.5) is 0 Å². The van der Waals surface area contributed by atoms with E-state index < -0.39 is 12.0 Å². The monoisotopic (exact) mass is 494 g/mol. The van der Waals surface area contributed by atoms with Crippen molar-refractivity contribution in [1.29, 1.82) is 0 Å². The first-order chi connectivity index (χ1) is 16.4. The first kappa shape index (κ1) is 23.7. The summed E-state index contributed by atoms with van der Waals surface area (Å²) in [6.07, 6.45) is 3.41. The number of carbonyl (C=O) groups excluding carboxylic acids is 1. The van der Waals surface area contributed by atoms with Crippen LogP contribution in [0.1, 0.15) is 31.0 Å². The molecule has 0 spiro atoms. The molecule has 2 aromatic carbocycles. The molecule has 1 aliphatic rings. The van der Waals surface area contributed by atoms with Crippen molar-refractivity contribution in [1.82, 2.24) is 4.57 Å². The van der Waals surface area contributed by atoms with E-state index in [0.717, 1.165) is 11.1 Å². The largest absolute Gasteiger partial charge is 0.490 e. The van der Waals surface area contributed by atoms with Crippen molar-refractivity contribution in [2.45, 2.75) is 19.9 Å². The maximum atomic E-state index is 13.6. The van der Waals surface area contributed by atoms with Crippen LogP contribution in [0.3, 0.4) is 0 Å². The number of carbonyl (C=O) groups is 1. The number of esters is 1. The zero-order valence-corrected chi connectivity index (χ0v) is 20.4. The van der Waals surface area contributed by atoms with Gasteiger partial charge in [-0.2, -0.15) is 0 Å². The Hall–Kier alpha value is -3.42. The number of aromatic nitrogens is 1. The Morgan fingerprint density at radius 1 is 1.24 bits per heavy atom. The molecule has 1 aromatic heterocycles. The first-order valence-corrected chi connectivity index (χ1v) is 11.9. The molecule has 1 atom stereocenters. The third-order valence-corrected chi connectivity index (χ3v) is 6.60. The lowest BCUT2D eigenvalue weighted by atomic mass is 9.96. The van der Waals surface area contributed by atoms with Crippen LogP contribution in [0.15, 0.2) is 82.2 Å². The predicted molar refractivity (Wildman–Crippen MR) is 134 cm³/mol. The molecule has 0 radical (unpaired) electrons. The number of halogens is 1. The molecule has 1 unspecified atom stereocenters. The van der Waals surface area contributed by atoms with Crippen LogP contribution in [-0.2, 0) is 9.53 Å². The van der Waals surface area contributed by atoms with E-state index in [4.69, 9.17) is 21.1 Å². The number of benzene rings is 2. The zero-order chi connectivity index (χ0) is 24.2. The molecule has 0 fully saturated rings. The van der Waals surface area contributed by atoms with Crippen molar-refractivity contribution >= 4 is 35.0 Å². The fourth-order valence-corrected chi connectivity index (χ4v) is 4.97. The maximum absolute atomic E-state index is 13.6.